The van der Waals surface area contributed by atoms with Crippen molar-refractivity contribution in [3.8, 4) is 0 Å². The minimum absolute atomic E-state index is 0.285. The van der Waals surface area contributed by atoms with Crippen LogP contribution in [-0.4, -0.2) is 24.1 Å². The number of hydrogen-bond acceptors (Lipinski definition) is 6. The summed E-state index contributed by atoms with van der Waals surface area (Å²) in [6, 6.07) is 7.29. The van der Waals surface area contributed by atoms with Gasteiger partial charge in [0.25, 0.3) is 0 Å². The minimum Gasteiger partial charge on any atom is -0.454 e. The molecule has 3 fully saturated rings. The monoisotopic (exact) mass is 402 g/mol. The van der Waals surface area contributed by atoms with Gasteiger partial charge in [-0.2, -0.15) is 0 Å². The number of ether oxygens (including phenoxy) is 2. The number of rotatable bonds is 4. The predicted molar refractivity (Wildman–Crippen MR) is 104 cm³/mol. The predicted octanol–water partition coefficient (Wildman–Crippen LogP) is 5.02. The lowest BCUT2D eigenvalue weighted by molar-refractivity contribution is -0.0868. The zero-order chi connectivity index (χ0) is 18.4. The van der Waals surface area contributed by atoms with Crippen molar-refractivity contribution in [2.24, 2.45) is 23.7 Å². The van der Waals surface area contributed by atoms with Gasteiger partial charge in [0.05, 0.1) is 0 Å². The first-order chi connectivity index (χ1) is 13.2. The molecule has 3 saturated carbocycles. The summed E-state index contributed by atoms with van der Waals surface area (Å²) in [5.74, 6) is 1.30. The van der Waals surface area contributed by atoms with Gasteiger partial charge >= 0.3 is 11.9 Å². The summed E-state index contributed by atoms with van der Waals surface area (Å²) >= 11 is 2.78. The Balaban J connectivity index is 1.39. The largest absolute Gasteiger partial charge is 0.454 e. The summed E-state index contributed by atoms with van der Waals surface area (Å²) in [6.07, 6.45) is 5.33. The smallest absolute Gasteiger partial charge is 0.348 e. The summed E-state index contributed by atoms with van der Waals surface area (Å²) in [7, 11) is 0. The van der Waals surface area contributed by atoms with Crippen LogP contribution in [-0.2, 0) is 9.47 Å². The summed E-state index contributed by atoms with van der Waals surface area (Å²) < 4.78 is 11.9. The molecule has 0 N–H and O–H groups in total. The maximum absolute atomic E-state index is 12.6. The Labute approximate surface area is 166 Å². The molecule has 2 aromatic heterocycles. The van der Waals surface area contributed by atoms with Crippen LogP contribution in [0, 0.1) is 23.7 Å². The third kappa shape index (κ3) is 3.03. The van der Waals surface area contributed by atoms with Gasteiger partial charge in [-0.1, -0.05) is 25.0 Å². The zero-order valence-corrected chi connectivity index (χ0v) is 16.5. The Morgan fingerprint density at radius 3 is 1.67 bits per heavy atom. The van der Waals surface area contributed by atoms with Crippen LogP contribution in [0.2, 0.25) is 0 Å². The molecular weight excluding hydrogens is 380 g/mol. The van der Waals surface area contributed by atoms with E-state index in [9.17, 15) is 9.59 Å². The van der Waals surface area contributed by atoms with Crippen LogP contribution >= 0.6 is 22.7 Å². The Kier molecular flexibility index (Phi) is 4.56. The summed E-state index contributed by atoms with van der Waals surface area (Å²) in [5, 5.41) is 3.76. The topological polar surface area (TPSA) is 52.6 Å². The molecule has 0 saturated heterocycles. The molecule has 0 amide bonds. The van der Waals surface area contributed by atoms with E-state index in [1.807, 2.05) is 22.9 Å². The minimum atomic E-state index is -0.312. The first-order valence-corrected chi connectivity index (χ1v) is 11.5. The number of fused-ring (bicyclic) bond motifs is 5. The molecule has 0 spiro atoms. The van der Waals surface area contributed by atoms with Crippen LogP contribution in [0.3, 0.4) is 0 Å². The van der Waals surface area contributed by atoms with Crippen molar-refractivity contribution in [1.82, 2.24) is 0 Å². The Morgan fingerprint density at radius 2 is 1.26 bits per heavy atom. The average molecular weight is 403 g/mol. The summed E-state index contributed by atoms with van der Waals surface area (Å²) in [6.45, 7) is 0. The Bertz CT molecular complexity index is 745. The number of thiophene rings is 2. The van der Waals surface area contributed by atoms with Crippen LogP contribution in [0.15, 0.2) is 35.0 Å². The molecule has 2 heterocycles. The third-order valence-corrected chi connectivity index (χ3v) is 8.32. The van der Waals surface area contributed by atoms with Gasteiger partial charge in [0.1, 0.15) is 22.0 Å². The molecule has 0 radical (unpaired) electrons. The molecule has 6 atom stereocenters. The molecule has 0 aromatic carbocycles. The van der Waals surface area contributed by atoms with Gasteiger partial charge in [-0.25, -0.2) is 9.59 Å². The fourth-order valence-corrected chi connectivity index (χ4v) is 6.83. The van der Waals surface area contributed by atoms with Gasteiger partial charge in [0.2, 0.25) is 0 Å². The van der Waals surface area contributed by atoms with E-state index < -0.39 is 0 Å². The van der Waals surface area contributed by atoms with Crippen molar-refractivity contribution in [3.63, 3.8) is 0 Å². The van der Waals surface area contributed by atoms with E-state index in [0.717, 1.165) is 6.42 Å². The van der Waals surface area contributed by atoms with Gasteiger partial charge in [0, 0.05) is 11.8 Å². The van der Waals surface area contributed by atoms with Crippen LogP contribution in [0.5, 0.6) is 0 Å². The molecule has 3 aliphatic carbocycles. The van der Waals surface area contributed by atoms with Crippen LogP contribution in [0.25, 0.3) is 0 Å². The van der Waals surface area contributed by atoms with Gasteiger partial charge in [0.15, 0.2) is 0 Å². The second-order valence-corrected chi connectivity index (χ2v) is 9.77. The van der Waals surface area contributed by atoms with Crippen molar-refractivity contribution in [2.45, 2.75) is 44.3 Å². The van der Waals surface area contributed by atoms with Gasteiger partial charge in [-0.05, 0) is 54.0 Å². The van der Waals surface area contributed by atoms with Crippen LogP contribution in [0.1, 0.15) is 51.4 Å². The van der Waals surface area contributed by atoms with Gasteiger partial charge in [-0.15, -0.1) is 22.7 Å². The molecule has 2 aromatic rings. The SMILES string of the molecule is O=C(OC1C2CC(C3CCCCC32)C1OC(=O)c1cccs1)c1cccs1. The maximum Gasteiger partial charge on any atom is 0.348 e. The second kappa shape index (κ2) is 7.06. The van der Waals surface area contributed by atoms with Crippen molar-refractivity contribution >= 4 is 34.6 Å². The molecule has 0 aliphatic heterocycles. The Hall–Kier alpha value is -1.66. The highest BCUT2D eigenvalue weighted by Gasteiger charge is 2.61. The van der Waals surface area contributed by atoms with E-state index in [1.54, 1.807) is 12.1 Å². The molecule has 4 nitrogen and oxygen atoms in total. The number of carbonyl (C=O) groups excluding carboxylic acids is 2. The number of carbonyl (C=O) groups is 2. The van der Waals surface area contributed by atoms with E-state index >= 15 is 0 Å². The number of esters is 2. The molecule has 2 bridgehead atoms. The second-order valence-electron chi connectivity index (χ2n) is 7.87. The average Bonchev–Trinajstić information content (AvgIpc) is 3.46. The number of hydrogen-bond donors (Lipinski definition) is 0. The lowest BCUT2D eigenvalue weighted by Gasteiger charge is -2.42. The molecule has 5 rings (SSSR count). The highest BCUT2D eigenvalue weighted by atomic mass is 32.1. The summed E-state index contributed by atoms with van der Waals surface area (Å²) in [5.41, 5.74) is 0. The van der Waals surface area contributed by atoms with E-state index in [2.05, 4.69) is 0 Å². The normalized spacial score (nSPS) is 34.2. The fourth-order valence-electron chi connectivity index (χ4n) is 5.62. The van der Waals surface area contributed by atoms with E-state index in [1.165, 1.54) is 48.4 Å². The molecule has 142 valence electrons. The molecule has 27 heavy (non-hydrogen) atoms. The molecular formula is C21H22O4S2. The molecule has 3 aliphatic rings. The third-order valence-electron chi connectivity index (χ3n) is 6.62. The first kappa shape index (κ1) is 17.4. The first-order valence-electron chi connectivity index (χ1n) is 9.71. The Morgan fingerprint density at radius 1 is 0.778 bits per heavy atom. The van der Waals surface area contributed by atoms with Crippen molar-refractivity contribution in [3.05, 3.63) is 44.8 Å². The molecule has 6 unspecified atom stereocenters. The van der Waals surface area contributed by atoms with Crippen LogP contribution < -0.4 is 0 Å². The van der Waals surface area contributed by atoms with E-state index in [0.29, 0.717) is 33.4 Å². The highest BCUT2D eigenvalue weighted by Crippen LogP contribution is 2.59. The molecule has 6 heteroatoms. The van der Waals surface area contributed by atoms with E-state index in [4.69, 9.17) is 9.47 Å². The standard InChI is InChI=1S/C21H22O4S2/c22-20(16-7-3-9-26-16)24-18-14-11-15(13-6-2-1-5-12(13)14)19(18)25-21(23)17-8-4-10-27-17/h3-4,7-10,12-15,18-19H,1-2,5-6,11H2. The quantitative estimate of drug-likeness (QED) is 0.674. The van der Waals surface area contributed by atoms with Gasteiger partial charge < -0.3 is 9.47 Å². The van der Waals surface area contributed by atoms with Crippen LogP contribution in [0.4, 0.5) is 0 Å². The van der Waals surface area contributed by atoms with Gasteiger partial charge in [-0.3, -0.25) is 0 Å². The maximum atomic E-state index is 12.6. The fraction of sp³-hybridized carbons (Fsp3) is 0.524. The van der Waals surface area contributed by atoms with E-state index in [-0.39, 0.29) is 24.1 Å². The van der Waals surface area contributed by atoms with Crippen molar-refractivity contribution in [2.75, 3.05) is 0 Å². The van der Waals surface area contributed by atoms with Crippen molar-refractivity contribution in [1.29, 1.82) is 0 Å². The lowest BCUT2D eigenvalue weighted by Crippen LogP contribution is -2.47. The van der Waals surface area contributed by atoms with Crippen molar-refractivity contribution < 1.29 is 19.1 Å². The zero-order valence-electron chi connectivity index (χ0n) is 14.9. The summed E-state index contributed by atoms with van der Waals surface area (Å²) in [4.78, 5) is 26.4. The highest BCUT2D eigenvalue weighted by molar-refractivity contribution is 7.12. The lowest BCUT2D eigenvalue weighted by atomic mass is 9.69.